The Bertz CT molecular complexity index is 740. The first-order valence-electron chi connectivity index (χ1n) is 9.57. The third kappa shape index (κ3) is 5.54. The molecular weight excluding hydrogens is 321 g/mol. The molecule has 2 heteroatoms. The molecule has 0 aliphatic rings. The molecule has 140 valence electrons. The summed E-state index contributed by atoms with van der Waals surface area (Å²) in [6, 6.07) is 16.7. The van der Waals surface area contributed by atoms with Gasteiger partial charge in [-0.2, -0.15) is 0 Å². The van der Waals surface area contributed by atoms with Gasteiger partial charge in [0.1, 0.15) is 5.67 Å². The summed E-state index contributed by atoms with van der Waals surface area (Å²) < 4.78 is 14.1. The molecule has 0 radical (unpaired) electrons. The zero-order valence-electron chi connectivity index (χ0n) is 16.8. The number of nitrogens with one attached hydrogen (secondary N) is 1. The van der Waals surface area contributed by atoms with E-state index in [0.29, 0.717) is 6.04 Å². The molecule has 0 fully saturated rings. The number of hydrogen-bond acceptors (Lipinski definition) is 1. The van der Waals surface area contributed by atoms with Gasteiger partial charge in [-0.25, -0.2) is 4.39 Å². The maximum absolute atomic E-state index is 14.1. The third-order valence-electron chi connectivity index (χ3n) is 4.94. The van der Waals surface area contributed by atoms with Gasteiger partial charge in [-0.05, 0) is 81.8 Å². The minimum Gasteiger partial charge on any atom is -0.310 e. The van der Waals surface area contributed by atoms with Crippen molar-refractivity contribution >= 4 is 5.57 Å². The van der Waals surface area contributed by atoms with Crippen LogP contribution in [0.4, 0.5) is 4.39 Å². The maximum atomic E-state index is 14.1. The number of benzene rings is 2. The Kier molecular flexibility index (Phi) is 7.16. The van der Waals surface area contributed by atoms with E-state index in [0.717, 1.165) is 24.9 Å². The maximum Gasteiger partial charge on any atom is 0.130 e. The molecule has 1 nitrogen and oxygen atoms in total. The second-order valence-electron chi connectivity index (χ2n) is 7.51. The summed E-state index contributed by atoms with van der Waals surface area (Å²) in [4.78, 5) is 0. The molecule has 0 aromatic heterocycles. The minimum atomic E-state index is -1.28. The van der Waals surface area contributed by atoms with Gasteiger partial charge >= 0.3 is 0 Å². The van der Waals surface area contributed by atoms with E-state index >= 15 is 0 Å². The van der Waals surface area contributed by atoms with Crippen molar-refractivity contribution < 1.29 is 4.39 Å². The van der Waals surface area contributed by atoms with Crippen LogP contribution in [-0.2, 0) is 12.1 Å². The lowest BCUT2D eigenvalue weighted by Gasteiger charge is -2.20. The molecule has 2 rings (SSSR count). The number of aryl methyl sites for hydroxylation is 2. The van der Waals surface area contributed by atoms with Crippen molar-refractivity contribution in [3.8, 4) is 0 Å². The molecule has 0 saturated heterocycles. The van der Waals surface area contributed by atoms with Crippen molar-refractivity contribution in [2.45, 2.75) is 59.2 Å². The fraction of sp³-hybridized carbons (Fsp3) is 0.417. The highest BCUT2D eigenvalue weighted by Crippen LogP contribution is 2.25. The summed E-state index contributed by atoms with van der Waals surface area (Å²) in [7, 11) is 0. The highest BCUT2D eigenvalue weighted by Gasteiger charge is 2.18. The first-order valence-corrected chi connectivity index (χ1v) is 9.57. The van der Waals surface area contributed by atoms with E-state index in [1.54, 1.807) is 13.8 Å². The molecular formula is C24H32FN. The fourth-order valence-corrected chi connectivity index (χ4v) is 3.35. The molecule has 2 aromatic carbocycles. The third-order valence-corrected chi connectivity index (χ3v) is 4.94. The Morgan fingerprint density at radius 3 is 2.54 bits per heavy atom. The SMILES string of the molecule is C/C=C(\c1ccccc1C)C(C)NCCCc1cccc(C(C)(C)F)c1. The Hall–Kier alpha value is -1.93. The van der Waals surface area contributed by atoms with Gasteiger partial charge in [0.25, 0.3) is 0 Å². The van der Waals surface area contributed by atoms with Crippen LogP contribution >= 0.6 is 0 Å². The second-order valence-corrected chi connectivity index (χ2v) is 7.51. The van der Waals surface area contributed by atoms with Crippen molar-refractivity contribution in [3.63, 3.8) is 0 Å². The van der Waals surface area contributed by atoms with Gasteiger partial charge in [0.15, 0.2) is 0 Å². The number of rotatable bonds is 8. The molecule has 26 heavy (non-hydrogen) atoms. The van der Waals surface area contributed by atoms with Crippen molar-refractivity contribution in [1.29, 1.82) is 0 Å². The van der Waals surface area contributed by atoms with Crippen molar-refractivity contribution in [2.24, 2.45) is 0 Å². The summed E-state index contributed by atoms with van der Waals surface area (Å²) in [5.41, 5.74) is 4.63. The van der Waals surface area contributed by atoms with Gasteiger partial charge < -0.3 is 5.32 Å². The average molecular weight is 354 g/mol. The number of hydrogen-bond donors (Lipinski definition) is 1. The van der Waals surface area contributed by atoms with Crippen LogP contribution in [0.25, 0.3) is 5.57 Å². The van der Waals surface area contributed by atoms with Gasteiger partial charge in [-0.15, -0.1) is 0 Å². The van der Waals surface area contributed by atoms with Gasteiger partial charge in [0.2, 0.25) is 0 Å². The van der Waals surface area contributed by atoms with E-state index in [9.17, 15) is 4.39 Å². The fourth-order valence-electron chi connectivity index (χ4n) is 3.35. The van der Waals surface area contributed by atoms with E-state index in [1.807, 2.05) is 18.2 Å². The number of alkyl halides is 1. The van der Waals surface area contributed by atoms with Crippen LogP contribution in [0.1, 0.15) is 56.4 Å². The highest BCUT2D eigenvalue weighted by atomic mass is 19.1. The van der Waals surface area contributed by atoms with Crippen LogP contribution in [0.2, 0.25) is 0 Å². The first kappa shape index (κ1) is 20.4. The van der Waals surface area contributed by atoms with Gasteiger partial charge in [0.05, 0.1) is 0 Å². The van der Waals surface area contributed by atoms with Crippen molar-refractivity contribution in [3.05, 3.63) is 76.9 Å². The highest BCUT2D eigenvalue weighted by molar-refractivity contribution is 5.71. The summed E-state index contributed by atoms with van der Waals surface area (Å²) in [6.45, 7) is 10.6. The van der Waals surface area contributed by atoms with E-state index in [1.165, 1.54) is 22.3 Å². The summed E-state index contributed by atoms with van der Waals surface area (Å²) in [5, 5.41) is 3.63. The summed E-state index contributed by atoms with van der Waals surface area (Å²) in [6.07, 6.45) is 4.19. The first-order chi connectivity index (χ1) is 12.3. The molecule has 1 atom stereocenters. The standard InChI is InChI=1S/C24H32FN/c1-6-22(23-15-8-7-11-18(23)2)19(3)26-16-10-13-20-12-9-14-21(17-20)24(4,5)25/h6-9,11-12,14-15,17,19,26H,10,13,16H2,1-5H3/b22-6-. The van der Waals surface area contributed by atoms with Gasteiger partial charge in [-0.1, -0.05) is 54.6 Å². The zero-order valence-corrected chi connectivity index (χ0v) is 16.8. The molecule has 0 saturated carbocycles. The van der Waals surface area contributed by atoms with E-state index < -0.39 is 5.67 Å². The van der Waals surface area contributed by atoms with Crippen LogP contribution in [0.3, 0.4) is 0 Å². The Morgan fingerprint density at radius 2 is 1.88 bits per heavy atom. The van der Waals surface area contributed by atoms with E-state index in [4.69, 9.17) is 0 Å². The van der Waals surface area contributed by atoms with Crippen LogP contribution in [0, 0.1) is 6.92 Å². The Morgan fingerprint density at radius 1 is 1.15 bits per heavy atom. The molecule has 1 unspecified atom stereocenters. The lowest BCUT2D eigenvalue weighted by Crippen LogP contribution is -2.28. The molecule has 0 spiro atoms. The van der Waals surface area contributed by atoms with Crippen LogP contribution in [-0.4, -0.2) is 12.6 Å². The summed E-state index contributed by atoms with van der Waals surface area (Å²) >= 11 is 0. The Balaban J connectivity index is 1.89. The second kappa shape index (κ2) is 9.14. The van der Waals surface area contributed by atoms with Crippen LogP contribution in [0.5, 0.6) is 0 Å². The van der Waals surface area contributed by atoms with Crippen molar-refractivity contribution in [2.75, 3.05) is 6.54 Å². The molecule has 0 heterocycles. The number of allylic oxidation sites excluding steroid dienone is 1. The molecule has 2 aromatic rings. The number of halogens is 1. The van der Waals surface area contributed by atoms with Gasteiger partial charge in [-0.3, -0.25) is 0 Å². The van der Waals surface area contributed by atoms with Crippen LogP contribution < -0.4 is 5.32 Å². The lowest BCUT2D eigenvalue weighted by atomic mass is 9.95. The molecule has 1 N–H and O–H groups in total. The predicted molar refractivity (Wildman–Crippen MR) is 111 cm³/mol. The molecule has 0 aliphatic heterocycles. The molecule has 0 aliphatic carbocycles. The van der Waals surface area contributed by atoms with E-state index in [2.05, 4.69) is 62.5 Å². The van der Waals surface area contributed by atoms with Gasteiger partial charge in [0, 0.05) is 6.04 Å². The zero-order chi connectivity index (χ0) is 19.2. The topological polar surface area (TPSA) is 12.0 Å². The van der Waals surface area contributed by atoms with Crippen molar-refractivity contribution in [1.82, 2.24) is 5.32 Å². The predicted octanol–water partition coefficient (Wildman–Crippen LogP) is 6.21. The molecule has 0 amide bonds. The normalized spacial score (nSPS) is 13.7. The van der Waals surface area contributed by atoms with E-state index in [-0.39, 0.29) is 0 Å². The monoisotopic (exact) mass is 353 g/mol. The summed E-state index contributed by atoms with van der Waals surface area (Å²) in [5.74, 6) is 0. The average Bonchev–Trinajstić information content (AvgIpc) is 2.60. The van der Waals surface area contributed by atoms with Crippen LogP contribution in [0.15, 0.2) is 54.6 Å². The minimum absolute atomic E-state index is 0.303. The quantitative estimate of drug-likeness (QED) is 0.556. The smallest absolute Gasteiger partial charge is 0.130 e. The molecule has 0 bridgehead atoms. The Labute approximate surface area is 158 Å². The lowest BCUT2D eigenvalue weighted by molar-refractivity contribution is 0.221. The largest absolute Gasteiger partial charge is 0.310 e.